The number of thiophene rings is 1. The SMILES string of the molecule is COC(=O)c1cc([N+](=O)[O-])c(Cl)cc1N(C(C)=O)c1cccs1. The highest BCUT2D eigenvalue weighted by atomic mass is 35.5. The highest BCUT2D eigenvalue weighted by Crippen LogP contribution is 2.38. The molecule has 2 aromatic rings. The molecule has 0 unspecified atom stereocenters. The van der Waals surface area contributed by atoms with Crippen LogP contribution in [0.1, 0.15) is 17.3 Å². The van der Waals surface area contributed by atoms with Crippen LogP contribution in [0.15, 0.2) is 29.6 Å². The molecule has 0 aliphatic carbocycles. The van der Waals surface area contributed by atoms with E-state index in [0.717, 1.165) is 13.2 Å². The lowest BCUT2D eigenvalue weighted by atomic mass is 10.1. The monoisotopic (exact) mass is 354 g/mol. The van der Waals surface area contributed by atoms with Crippen LogP contribution < -0.4 is 4.90 Å². The third-order valence-electron chi connectivity index (χ3n) is 2.95. The van der Waals surface area contributed by atoms with Crippen molar-refractivity contribution in [2.75, 3.05) is 12.0 Å². The first-order valence-corrected chi connectivity index (χ1v) is 7.53. The fraction of sp³-hybridized carbons (Fsp3) is 0.143. The third-order valence-corrected chi connectivity index (χ3v) is 4.11. The van der Waals surface area contributed by atoms with Gasteiger partial charge in [-0.2, -0.15) is 0 Å². The first kappa shape index (κ1) is 16.9. The van der Waals surface area contributed by atoms with Crippen LogP contribution in [-0.2, 0) is 9.53 Å². The Bertz CT molecular complexity index is 776. The standard InChI is InChI=1S/C14H11ClN2O5S/c1-8(18)16(13-4-3-5-23-13)11-7-10(15)12(17(20)21)6-9(11)14(19)22-2/h3-7H,1-2H3. The van der Waals surface area contributed by atoms with Gasteiger partial charge in [-0.3, -0.25) is 19.8 Å². The summed E-state index contributed by atoms with van der Waals surface area (Å²) in [6.07, 6.45) is 0. The zero-order valence-corrected chi connectivity index (χ0v) is 13.7. The average Bonchev–Trinajstić information content (AvgIpc) is 3.00. The summed E-state index contributed by atoms with van der Waals surface area (Å²) < 4.78 is 4.66. The largest absolute Gasteiger partial charge is 0.465 e. The number of nitro groups is 1. The Kier molecular flexibility index (Phi) is 4.97. The molecule has 1 amide bonds. The molecular weight excluding hydrogens is 344 g/mol. The summed E-state index contributed by atoms with van der Waals surface area (Å²) in [4.78, 5) is 35.6. The van der Waals surface area contributed by atoms with Gasteiger partial charge in [-0.25, -0.2) is 4.79 Å². The molecule has 23 heavy (non-hydrogen) atoms. The van der Waals surface area contributed by atoms with Crippen LogP contribution in [0.2, 0.25) is 5.02 Å². The summed E-state index contributed by atoms with van der Waals surface area (Å²) in [6.45, 7) is 1.32. The molecule has 120 valence electrons. The lowest BCUT2D eigenvalue weighted by Crippen LogP contribution is -2.24. The van der Waals surface area contributed by atoms with Crippen LogP contribution in [0.4, 0.5) is 16.4 Å². The van der Waals surface area contributed by atoms with Crippen molar-refractivity contribution in [3.63, 3.8) is 0 Å². The van der Waals surface area contributed by atoms with Gasteiger partial charge in [0, 0.05) is 13.0 Å². The van der Waals surface area contributed by atoms with Crippen molar-refractivity contribution in [3.8, 4) is 0 Å². The Morgan fingerprint density at radius 3 is 2.57 bits per heavy atom. The lowest BCUT2D eigenvalue weighted by molar-refractivity contribution is -0.384. The molecule has 0 saturated carbocycles. The van der Waals surface area contributed by atoms with E-state index in [1.54, 1.807) is 17.5 Å². The zero-order valence-electron chi connectivity index (χ0n) is 12.1. The third kappa shape index (κ3) is 3.33. The van der Waals surface area contributed by atoms with Gasteiger partial charge in [0.1, 0.15) is 10.0 Å². The predicted octanol–water partition coefficient (Wildman–Crippen LogP) is 3.78. The van der Waals surface area contributed by atoms with Gasteiger partial charge in [-0.15, -0.1) is 11.3 Å². The van der Waals surface area contributed by atoms with Gasteiger partial charge in [0.25, 0.3) is 5.69 Å². The van der Waals surface area contributed by atoms with Gasteiger partial charge >= 0.3 is 5.97 Å². The number of anilines is 2. The number of nitrogens with zero attached hydrogens (tertiary/aromatic N) is 2. The van der Waals surface area contributed by atoms with E-state index in [9.17, 15) is 19.7 Å². The van der Waals surface area contributed by atoms with Crippen molar-refractivity contribution in [3.05, 3.63) is 50.3 Å². The Morgan fingerprint density at radius 2 is 2.09 bits per heavy atom. The molecule has 9 heteroatoms. The summed E-state index contributed by atoms with van der Waals surface area (Å²) in [5.41, 5.74) is -0.430. The zero-order chi connectivity index (χ0) is 17.1. The van der Waals surface area contributed by atoms with Crippen LogP contribution in [-0.4, -0.2) is 23.9 Å². The molecule has 2 rings (SSSR count). The summed E-state index contributed by atoms with van der Waals surface area (Å²) in [6, 6.07) is 5.64. The minimum absolute atomic E-state index is 0.118. The number of nitro benzene ring substituents is 1. The van der Waals surface area contributed by atoms with Crippen molar-refractivity contribution in [2.24, 2.45) is 0 Å². The molecule has 0 N–H and O–H groups in total. The molecule has 1 heterocycles. The fourth-order valence-electron chi connectivity index (χ4n) is 1.99. The smallest absolute Gasteiger partial charge is 0.340 e. The number of rotatable bonds is 4. The highest BCUT2D eigenvalue weighted by molar-refractivity contribution is 7.14. The number of hydrogen-bond donors (Lipinski definition) is 0. The Morgan fingerprint density at radius 1 is 1.39 bits per heavy atom. The van der Waals surface area contributed by atoms with Crippen LogP contribution in [0.3, 0.4) is 0 Å². The number of carbonyl (C=O) groups excluding carboxylic acids is 2. The minimum Gasteiger partial charge on any atom is -0.465 e. The van der Waals surface area contributed by atoms with E-state index in [4.69, 9.17) is 11.6 Å². The molecule has 0 radical (unpaired) electrons. The predicted molar refractivity (Wildman–Crippen MR) is 86.6 cm³/mol. The van der Waals surface area contributed by atoms with E-state index < -0.39 is 16.6 Å². The molecule has 0 aliphatic rings. The molecule has 0 fully saturated rings. The van der Waals surface area contributed by atoms with Crippen LogP contribution in [0.5, 0.6) is 0 Å². The number of methoxy groups -OCH3 is 1. The number of halogens is 1. The van der Waals surface area contributed by atoms with Crippen molar-refractivity contribution in [1.82, 2.24) is 0 Å². The molecule has 1 aromatic heterocycles. The number of esters is 1. The van der Waals surface area contributed by atoms with E-state index in [-0.39, 0.29) is 22.2 Å². The van der Waals surface area contributed by atoms with E-state index in [1.165, 1.54) is 29.2 Å². The summed E-state index contributed by atoms with van der Waals surface area (Å²) in [7, 11) is 1.15. The van der Waals surface area contributed by atoms with E-state index in [0.29, 0.717) is 5.00 Å². The first-order valence-electron chi connectivity index (χ1n) is 6.27. The van der Waals surface area contributed by atoms with E-state index in [1.807, 2.05) is 0 Å². The van der Waals surface area contributed by atoms with Gasteiger partial charge in [-0.05, 0) is 23.6 Å². The normalized spacial score (nSPS) is 10.2. The molecule has 0 atom stereocenters. The second-order valence-electron chi connectivity index (χ2n) is 4.38. The van der Waals surface area contributed by atoms with Gasteiger partial charge in [0.15, 0.2) is 0 Å². The topological polar surface area (TPSA) is 89.8 Å². The van der Waals surface area contributed by atoms with Crippen molar-refractivity contribution >= 4 is 51.2 Å². The van der Waals surface area contributed by atoms with Crippen LogP contribution >= 0.6 is 22.9 Å². The second kappa shape index (κ2) is 6.76. The minimum atomic E-state index is -0.803. The average molecular weight is 355 g/mol. The number of ether oxygens (including phenoxy) is 1. The van der Waals surface area contributed by atoms with Gasteiger partial charge in [-0.1, -0.05) is 11.6 Å². The molecule has 0 bridgehead atoms. The summed E-state index contributed by atoms with van der Waals surface area (Å²) in [5.74, 6) is -1.18. The first-order chi connectivity index (χ1) is 10.9. The summed E-state index contributed by atoms with van der Waals surface area (Å²) in [5, 5.41) is 13.1. The highest BCUT2D eigenvalue weighted by Gasteiger charge is 2.27. The second-order valence-corrected chi connectivity index (χ2v) is 5.71. The van der Waals surface area contributed by atoms with Crippen molar-refractivity contribution in [2.45, 2.75) is 6.92 Å². The maximum absolute atomic E-state index is 12.0. The molecule has 1 aromatic carbocycles. The number of amides is 1. The fourth-order valence-corrected chi connectivity index (χ4v) is 3.00. The van der Waals surface area contributed by atoms with Crippen LogP contribution in [0, 0.1) is 10.1 Å². The Hall–Kier alpha value is -2.45. The molecular formula is C14H11ClN2O5S. The Labute approximate surface area is 140 Å². The van der Waals surface area contributed by atoms with Gasteiger partial charge < -0.3 is 4.74 Å². The molecule has 0 saturated heterocycles. The number of hydrogen-bond acceptors (Lipinski definition) is 6. The maximum atomic E-state index is 12.0. The van der Waals surface area contributed by atoms with Crippen molar-refractivity contribution < 1.29 is 19.2 Å². The van der Waals surface area contributed by atoms with Gasteiger partial charge in [0.2, 0.25) is 5.91 Å². The number of benzene rings is 1. The molecule has 7 nitrogen and oxygen atoms in total. The quantitative estimate of drug-likeness (QED) is 0.473. The molecule has 0 spiro atoms. The van der Waals surface area contributed by atoms with E-state index in [2.05, 4.69) is 4.74 Å². The number of carbonyl (C=O) groups is 2. The maximum Gasteiger partial charge on any atom is 0.340 e. The van der Waals surface area contributed by atoms with Crippen LogP contribution in [0.25, 0.3) is 0 Å². The Balaban J connectivity index is 2.73. The summed E-state index contributed by atoms with van der Waals surface area (Å²) >= 11 is 7.20. The van der Waals surface area contributed by atoms with E-state index >= 15 is 0 Å². The van der Waals surface area contributed by atoms with Gasteiger partial charge in [0.05, 0.1) is 23.3 Å². The van der Waals surface area contributed by atoms with Crippen molar-refractivity contribution in [1.29, 1.82) is 0 Å². The lowest BCUT2D eigenvalue weighted by Gasteiger charge is -2.21. The molecule has 0 aliphatic heterocycles.